The van der Waals surface area contributed by atoms with E-state index in [4.69, 9.17) is 9.72 Å². The molecule has 2 aromatic heterocycles. The van der Waals surface area contributed by atoms with Crippen LogP contribution in [0.3, 0.4) is 0 Å². The first-order valence-corrected chi connectivity index (χ1v) is 11.0. The Balaban J connectivity index is 1.72. The Morgan fingerprint density at radius 1 is 1.38 bits per heavy atom. The number of carbonyl (C=O) groups is 1. The number of thiophene rings is 1. The van der Waals surface area contributed by atoms with Gasteiger partial charge in [0, 0.05) is 4.88 Å². The number of aromatic nitrogens is 2. The summed E-state index contributed by atoms with van der Waals surface area (Å²) in [7, 11) is 0. The Morgan fingerprint density at radius 3 is 2.93 bits per heavy atom. The lowest BCUT2D eigenvalue weighted by molar-refractivity contribution is 0.0378. The van der Waals surface area contributed by atoms with Crippen LogP contribution >= 0.6 is 11.3 Å². The minimum Gasteiger partial charge on any atom is -0.459 e. The lowest BCUT2D eigenvalue weighted by Crippen LogP contribution is -2.25. The van der Waals surface area contributed by atoms with E-state index in [0.717, 1.165) is 35.0 Å². The topological polar surface area (TPSA) is 61.2 Å². The fourth-order valence-electron chi connectivity index (χ4n) is 3.97. The molecule has 29 heavy (non-hydrogen) atoms. The van der Waals surface area contributed by atoms with Crippen LogP contribution in [0, 0.1) is 12.8 Å². The minimum absolute atomic E-state index is 0.0229. The third kappa shape index (κ3) is 3.86. The van der Waals surface area contributed by atoms with Crippen molar-refractivity contribution in [3.8, 4) is 0 Å². The summed E-state index contributed by atoms with van der Waals surface area (Å²) in [5.41, 5.74) is 2.60. The van der Waals surface area contributed by atoms with Crippen LogP contribution in [0.2, 0.25) is 0 Å². The number of benzene rings is 1. The van der Waals surface area contributed by atoms with E-state index in [9.17, 15) is 9.59 Å². The van der Waals surface area contributed by atoms with E-state index in [2.05, 4.69) is 6.92 Å². The maximum atomic E-state index is 13.4. The van der Waals surface area contributed by atoms with Crippen LogP contribution in [-0.4, -0.2) is 21.6 Å². The van der Waals surface area contributed by atoms with Gasteiger partial charge in [-0.2, -0.15) is 0 Å². The van der Waals surface area contributed by atoms with Gasteiger partial charge in [0.1, 0.15) is 10.7 Å². The summed E-state index contributed by atoms with van der Waals surface area (Å²) in [5, 5.41) is 0.790. The molecule has 152 valence electrons. The number of hydrogen-bond acceptors (Lipinski definition) is 5. The van der Waals surface area contributed by atoms with Crippen LogP contribution < -0.4 is 5.56 Å². The predicted octanol–water partition coefficient (Wildman–Crippen LogP) is 4.50. The van der Waals surface area contributed by atoms with Crippen LogP contribution in [0.4, 0.5) is 0 Å². The zero-order chi connectivity index (χ0) is 20.7. The molecule has 4 rings (SSSR count). The molecule has 0 saturated heterocycles. The van der Waals surface area contributed by atoms with Crippen molar-refractivity contribution in [3.63, 3.8) is 0 Å². The molecule has 3 aromatic rings. The van der Waals surface area contributed by atoms with Gasteiger partial charge >= 0.3 is 5.97 Å². The van der Waals surface area contributed by atoms with Crippen molar-refractivity contribution in [2.45, 2.75) is 59.6 Å². The molecule has 0 saturated carbocycles. The second-order valence-electron chi connectivity index (χ2n) is 8.24. The normalized spacial score (nSPS) is 16.2. The van der Waals surface area contributed by atoms with Crippen molar-refractivity contribution in [1.29, 1.82) is 0 Å². The molecule has 0 fully saturated rings. The summed E-state index contributed by atoms with van der Waals surface area (Å²) in [6.07, 6.45) is 2.93. The van der Waals surface area contributed by atoms with Gasteiger partial charge in [-0.25, -0.2) is 9.78 Å². The summed E-state index contributed by atoms with van der Waals surface area (Å²) in [6.45, 7) is 8.18. The summed E-state index contributed by atoms with van der Waals surface area (Å²) < 4.78 is 7.01. The van der Waals surface area contributed by atoms with E-state index in [1.165, 1.54) is 10.4 Å². The second kappa shape index (κ2) is 7.75. The van der Waals surface area contributed by atoms with E-state index in [1.54, 1.807) is 28.0 Å². The minimum atomic E-state index is -0.347. The summed E-state index contributed by atoms with van der Waals surface area (Å²) in [4.78, 5) is 32.5. The number of aryl methyl sites for hydroxylation is 2. The standard InChI is InChI=1S/C23H26N2O3S/c1-13(2)28-23(27)17-7-5-6-16(11-17)12-25-15(4)24-21-20(22(25)26)18-9-8-14(3)10-19(18)29-21/h5-7,11,13-14H,8-10,12H2,1-4H3. The number of fused-ring (bicyclic) bond motifs is 3. The van der Waals surface area contributed by atoms with Gasteiger partial charge in [-0.3, -0.25) is 9.36 Å². The molecule has 0 radical (unpaired) electrons. The Kier molecular flexibility index (Phi) is 5.30. The lowest BCUT2D eigenvalue weighted by atomic mass is 9.89. The van der Waals surface area contributed by atoms with Crippen molar-refractivity contribution in [3.05, 3.63) is 62.0 Å². The van der Waals surface area contributed by atoms with Gasteiger partial charge in [0.2, 0.25) is 0 Å². The molecule has 0 spiro atoms. The number of rotatable bonds is 4. The quantitative estimate of drug-likeness (QED) is 0.594. The van der Waals surface area contributed by atoms with Gasteiger partial charge in [-0.15, -0.1) is 11.3 Å². The maximum Gasteiger partial charge on any atom is 0.338 e. The molecule has 0 N–H and O–H groups in total. The van der Waals surface area contributed by atoms with Gasteiger partial charge in [0.05, 0.1) is 23.6 Å². The van der Waals surface area contributed by atoms with Crippen molar-refractivity contribution in [2.75, 3.05) is 0 Å². The Morgan fingerprint density at radius 2 is 2.17 bits per heavy atom. The molecule has 1 aromatic carbocycles. The largest absolute Gasteiger partial charge is 0.459 e. The highest BCUT2D eigenvalue weighted by Crippen LogP contribution is 2.35. The number of nitrogens with zero attached hydrogens (tertiary/aromatic N) is 2. The SMILES string of the molecule is Cc1nc2sc3c(c2c(=O)n1Cc1cccc(C(=O)OC(C)C)c1)CCC(C)C3. The molecule has 5 nitrogen and oxygen atoms in total. The number of hydrogen-bond donors (Lipinski definition) is 0. The van der Waals surface area contributed by atoms with Crippen LogP contribution in [0.15, 0.2) is 29.1 Å². The zero-order valence-corrected chi connectivity index (χ0v) is 18.1. The predicted molar refractivity (Wildman–Crippen MR) is 116 cm³/mol. The Hall–Kier alpha value is -2.47. The number of esters is 1. The maximum absolute atomic E-state index is 13.4. The molecular formula is C23H26N2O3S. The van der Waals surface area contributed by atoms with E-state index in [1.807, 2.05) is 32.9 Å². The van der Waals surface area contributed by atoms with Gasteiger partial charge in [-0.05, 0) is 69.2 Å². The third-order valence-corrected chi connectivity index (χ3v) is 6.60. The smallest absolute Gasteiger partial charge is 0.338 e. The average molecular weight is 411 g/mol. The Labute approximate surface area is 174 Å². The van der Waals surface area contributed by atoms with Crippen LogP contribution in [-0.2, 0) is 24.1 Å². The highest BCUT2D eigenvalue weighted by molar-refractivity contribution is 7.18. The van der Waals surface area contributed by atoms with Crippen molar-refractivity contribution in [1.82, 2.24) is 9.55 Å². The zero-order valence-electron chi connectivity index (χ0n) is 17.3. The van der Waals surface area contributed by atoms with E-state index >= 15 is 0 Å². The van der Waals surface area contributed by atoms with Crippen LogP contribution in [0.5, 0.6) is 0 Å². The van der Waals surface area contributed by atoms with Gasteiger partial charge in [0.25, 0.3) is 5.56 Å². The molecule has 0 amide bonds. The van der Waals surface area contributed by atoms with Crippen LogP contribution in [0.1, 0.15) is 59.4 Å². The van der Waals surface area contributed by atoms with Gasteiger partial charge in [0.15, 0.2) is 0 Å². The fraction of sp³-hybridized carbons (Fsp3) is 0.435. The van der Waals surface area contributed by atoms with Crippen LogP contribution in [0.25, 0.3) is 10.2 Å². The van der Waals surface area contributed by atoms with E-state index < -0.39 is 0 Å². The fourth-order valence-corrected chi connectivity index (χ4v) is 5.39. The van der Waals surface area contributed by atoms with Crippen molar-refractivity contribution in [2.24, 2.45) is 5.92 Å². The summed E-state index contributed by atoms with van der Waals surface area (Å²) in [6, 6.07) is 7.28. The van der Waals surface area contributed by atoms with Gasteiger partial charge < -0.3 is 4.74 Å². The number of ether oxygens (including phenoxy) is 1. The van der Waals surface area contributed by atoms with Crippen molar-refractivity contribution >= 4 is 27.5 Å². The molecule has 2 heterocycles. The molecule has 0 bridgehead atoms. The molecule has 1 atom stereocenters. The molecule has 1 unspecified atom stereocenters. The highest BCUT2D eigenvalue weighted by Gasteiger charge is 2.24. The lowest BCUT2D eigenvalue weighted by Gasteiger charge is -2.17. The second-order valence-corrected chi connectivity index (χ2v) is 9.32. The first kappa shape index (κ1) is 19.8. The van der Waals surface area contributed by atoms with E-state index in [-0.39, 0.29) is 17.6 Å². The summed E-state index contributed by atoms with van der Waals surface area (Å²) in [5.74, 6) is 1.01. The molecule has 1 aliphatic rings. The van der Waals surface area contributed by atoms with Gasteiger partial charge in [-0.1, -0.05) is 19.1 Å². The highest BCUT2D eigenvalue weighted by atomic mass is 32.1. The molecule has 1 aliphatic carbocycles. The molecule has 6 heteroatoms. The summed E-state index contributed by atoms with van der Waals surface area (Å²) >= 11 is 1.67. The first-order chi connectivity index (χ1) is 13.8. The average Bonchev–Trinajstić information content (AvgIpc) is 3.01. The van der Waals surface area contributed by atoms with Crippen molar-refractivity contribution < 1.29 is 9.53 Å². The third-order valence-electron chi connectivity index (χ3n) is 5.45. The number of carbonyl (C=O) groups excluding carboxylic acids is 1. The Bertz CT molecular complexity index is 1140. The molecule has 0 aliphatic heterocycles. The molecular weight excluding hydrogens is 384 g/mol. The van der Waals surface area contributed by atoms with E-state index in [0.29, 0.717) is 23.9 Å². The monoisotopic (exact) mass is 410 g/mol. The first-order valence-electron chi connectivity index (χ1n) is 10.1.